The van der Waals surface area contributed by atoms with Gasteiger partial charge in [-0.25, -0.2) is 0 Å². The third-order valence-corrected chi connectivity index (χ3v) is 6.68. The maximum absolute atomic E-state index is 4.24. The molecule has 0 saturated carbocycles. The van der Waals surface area contributed by atoms with Crippen molar-refractivity contribution in [3.63, 3.8) is 0 Å². The average molecular weight is 387 g/mol. The fourth-order valence-corrected chi connectivity index (χ4v) is 5.00. The second-order valence-electron chi connectivity index (χ2n) is 8.67. The third kappa shape index (κ3) is 3.63. The Morgan fingerprint density at radius 1 is 1.10 bits per heavy atom. The van der Waals surface area contributed by atoms with Crippen LogP contribution in [0.5, 0.6) is 0 Å². The molecule has 4 heterocycles. The number of fused-ring (bicyclic) bond motifs is 3. The van der Waals surface area contributed by atoms with Gasteiger partial charge in [0.2, 0.25) is 0 Å². The smallest absolute Gasteiger partial charge is 0.0528 e. The van der Waals surface area contributed by atoms with Gasteiger partial charge in [0, 0.05) is 55.2 Å². The van der Waals surface area contributed by atoms with Crippen molar-refractivity contribution in [2.45, 2.75) is 38.8 Å². The van der Waals surface area contributed by atoms with Crippen molar-refractivity contribution in [1.82, 2.24) is 19.4 Å². The first-order valence-corrected chi connectivity index (χ1v) is 10.8. The molecule has 0 N–H and O–H groups in total. The Morgan fingerprint density at radius 3 is 2.76 bits per heavy atom. The van der Waals surface area contributed by atoms with Crippen LogP contribution in [0.25, 0.3) is 23.2 Å². The molecular formula is C25H30N4. The number of aryl methyl sites for hydroxylation is 1. The number of pyridine rings is 1. The summed E-state index contributed by atoms with van der Waals surface area (Å²) in [6, 6.07) is 11.7. The van der Waals surface area contributed by atoms with Crippen molar-refractivity contribution in [2.24, 2.45) is 0 Å². The first-order chi connectivity index (χ1) is 14.2. The zero-order valence-electron chi connectivity index (χ0n) is 17.5. The molecule has 2 aliphatic heterocycles. The molecule has 0 amide bonds. The van der Waals surface area contributed by atoms with E-state index in [1.54, 1.807) is 0 Å². The summed E-state index contributed by atoms with van der Waals surface area (Å²) < 4.78 is 2.42. The molecule has 29 heavy (non-hydrogen) atoms. The molecule has 150 valence electrons. The number of hydrogen-bond acceptors (Lipinski definition) is 3. The molecule has 1 fully saturated rings. The molecule has 2 aromatic heterocycles. The molecule has 0 atom stereocenters. The monoisotopic (exact) mass is 386 g/mol. The Bertz CT molecular complexity index is 1030. The van der Waals surface area contributed by atoms with Crippen molar-refractivity contribution in [2.75, 3.05) is 26.7 Å². The van der Waals surface area contributed by atoms with Gasteiger partial charge in [-0.1, -0.05) is 17.7 Å². The SMILES string of the molecule is Cc1ccc2c(c1)c1c(n2/C=C/c2cccnc2)CCN(C2CCN(C)CC2)C1. The zero-order chi connectivity index (χ0) is 19.8. The average Bonchev–Trinajstić information content (AvgIpc) is 3.06. The highest BCUT2D eigenvalue weighted by Crippen LogP contribution is 2.34. The number of hydrogen-bond donors (Lipinski definition) is 0. The predicted octanol–water partition coefficient (Wildman–Crippen LogP) is 4.42. The zero-order valence-corrected chi connectivity index (χ0v) is 17.5. The van der Waals surface area contributed by atoms with Crippen LogP contribution in [0, 0.1) is 6.92 Å². The molecule has 0 radical (unpaired) electrons. The van der Waals surface area contributed by atoms with Gasteiger partial charge in [0.05, 0.1) is 5.52 Å². The second kappa shape index (κ2) is 7.77. The second-order valence-corrected chi connectivity index (χ2v) is 8.67. The van der Waals surface area contributed by atoms with Gasteiger partial charge < -0.3 is 9.47 Å². The van der Waals surface area contributed by atoms with Crippen molar-refractivity contribution >= 4 is 23.2 Å². The largest absolute Gasteiger partial charge is 0.320 e. The minimum absolute atomic E-state index is 0.730. The molecule has 2 aliphatic rings. The molecule has 4 heteroatoms. The van der Waals surface area contributed by atoms with Crippen molar-refractivity contribution in [1.29, 1.82) is 0 Å². The minimum Gasteiger partial charge on any atom is -0.320 e. The molecule has 0 bridgehead atoms. The number of nitrogens with zero attached hydrogens (tertiary/aromatic N) is 4. The van der Waals surface area contributed by atoms with Gasteiger partial charge in [0.15, 0.2) is 0 Å². The van der Waals surface area contributed by atoms with E-state index in [1.165, 1.54) is 53.7 Å². The van der Waals surface area contributed by atoms with E-state index in [9.17, 15) is 0 Å². The molecule has 0 unspecified atom stereocenters. The topological polar surface area (TPSA) is 24.3 Å². The Kier molecular flexibility index (Phi) is 4.98. The Morgan fingerprint density at radius 2 is 1.97 bits per heavy atom. The summed E-state index contributed by atoms with van der Waals surface area (Å²) in [6.45, 7) is 6.90. The van der Waals surface area contributed by atoms with Crippen LogP contribution in [0.15, 0.2) is 42.7 Å². The highest BCUT2D eigenvalue weighted by atomic mass is 15.2. The summed E-state index contributed by atoms with van der Waals surface area (Å²) in [5.74, 6) is 0. The summed E-state index contributed by atoms with van der Waals surface area (Å²) in [4.78, 5) is 9.45. The summed E-state index contributed by atoms with van der Waals surface area (Å²) in [5.41, 5.74) is 6.81. The summed E-state index contributed by atoms with van der Waals surface area (Å²) in [6.07, 6.45) is 11.9. The van der Waals surface area contributed by atoms with E-state index in [0.29, 0.717) is 0 Å². The third-order valence-electron chi connectivity index (χ3n) is 6.68. The summed E-state index contributed by atoms with van der Waals surface area (Å²) >= 11 is 0. The first-order valence-electron chi connectivity index (χ1n) is 10.8. The lowest BCUT2D eigenvalue weighted by atomic mass is 9.97. The lowest BCUT2D eigenvalue weighted by Gasteiger charge is -2.39. The lowest BCUT2D eigenvalue weighted by Crippen LogP contribution is -2.45. The molecule has 4 nitrogen and oxygen atoms in total. The summed E-state index contributed by atoms with van der Waals surface area (Å²) in [5, 5.41) is 1.42. The fourth-order valence-electron chi connectivity index (χ4n) is 5.00. The maximum atomic E-state index is 4.24. The highest BCUT2D eigenvalue weighted by molar-refractivity contribution is 5.89. The van der Waals surface area contributed by atoms with E-state index < -0.39 is 0 Å². The number of benzene rings is 1. The standard InChI is InChI=1S/C25H30N4/c1-19-5-6-24-22(16-19)23-18-28(21-8-12-27(2)13-9-21)14-10-25(23)29(24)15-7-20-4-3-11-26-17-20/h3-7,11,15-17,21H,8-10,12-14,18H2,1-2H3/b15-7+. The Hall–Kier alpha value is -2.43. The van der Waals surface area contributed by atoms with Crippen molar-refractivity contribution in [3.05, 3.63) is 65.1 Å². The van der Waals surface area contributed by atoms with Gasteiger partial charge in [0.1, 0.15) is 0 Å². The van der Waals surface area contributed by atoms with Crippen LogP contribution in [0.4, 0.5) is 0 Å². The van der Waals surface area contributed by atoms with Gasteiger partial charge in [-0.15, -0.1) is 0 Å². The van der Waals surface area contributed by atoms with Gasteiger partial charge in [0.25, 0.3) is 0 Å². The Balaban J connectivity index is 1.51. The van der Waals surface area contributed by atoms with Crippen LogP contribution in [0.3, 0.4) is 0 Å². The van der Waals surface area contributed by atoms with E-state index in [0.717, 1.165) is 31.1 Å². The van der Waals surface area contributed by atoms with Gasteiger partial charge >= 0.3 is 0 Å². The van der Waals surface area contributed by atoms with E-state index in [1.807, 2.05) is 18.5 Å². The summed E-state index contributed by atoms with van der Waals surface area (Å²) in [7, 11) is 2.25. The van der Waals surface area contributed by atoms with E-state index in [2.05, 4.69) is 69.9 Å². The van der Waals surface area contributed by atoms with Crippen LogP contribution in [0.1, 0.15) is 35.2 Å². The van der Waals surface area contributed by atoms with Gasteiger partial charge in [-0.2, -0.15) is 0 Å². The van der Waals surface area contributed by atoms with Crippen LogP contribution < -0.4 is 0 Å². The lowest BCUT2D eigenvalue weighted by molar-refractivity contribution is 0.109. The minimum atomic E-state index is 0.730. The Labute approximate surface area is 173 Å². The van der Waals surface area contributed by atoms with Crippen molar-refractivity contribution in [3.8, 4) is 0 Å². The molecular weight excluding hydrogens is 356 g/mol. The maximum Gasteiger partial charge on any atom is 0.0528 e. The van der Waals surface area contributed by atoms with Gasteiger partial charge in [-0.3, -0.25) is 9.88 Å². The number of rotatable bonds is 3. The van der Waals surface area contributed by atoms with Crippen molar-refractivity contribution < 1.29 is 0 Å². The van der Waals surface area contributed by atoms with Crippen LogP contribution in [-0.4, -0.2) is 52.1 Å². The quantitative estimate of drug-likeness (QED) is 0.666. The predicted molar refractivity (Wildman–Crippen MR) is 121 cm³/mol. The van der Waals surface area contributed by atoms with E-state index in [-0.39, 0.29) is 0 Å². The van der Waals surface area contributed by atoms with Crippen LogP contribution in [0.2, 0.25) is 0 Å². The van der Waals surface area contributed by atoms with Crippen LogP contribution >= 0.6 is 0 Å². The molecule has 1 saturated heterocycles. The van der Waals surface area contributed by atoms with Gasteiger partial charge in [-0.05, 0) is 75.3 Å². The molecule has 3 aromatic rings. The highest BCUT2D eigenvalue weighted by Gasteiger charge is 2.29. The van der Waals surface area contributed by atoms with E-state index in [4.69, 9.17) is 0 Å². The number of piperidine rings is 1. The number of aromatic nitrogens is 2. The number of likely N-dealkylation sites (tertiary alicyclic amines) is 1. The fraction of sp³-hybridized carbons (Fsp3) is 0.400. The first kappa shape index (κ1) is 18.6. The van der Waals surface area contributed by atoms with E-state index >= 15 is 0 Å². The molecule has 5 rings (SSSR count). The molecule has 0 aliphatic carbocycles. The van der Waals surface area contributed by atoms with Crippen LogP contribution in [-0.2, 0) is 13.0 Å². The molecule has 0 spiro atoms. The molecule has 1 aromatic carbocycles. The normalized spacial score (nSPS) is 19.2.